The van der Waals surface area contributed by atoms with Crippen molar-refractivity contribution in [3.8, 4) is 5.75 Å². The molecule has 1 aliphatic rings. The summed E-state index contributed by atoms with van der Waals surface area (Å²) in [5.74, 6) is 1.71. The van der Waals surface area contributed by atoms with Crippen LogP contribution in [0.25, 0.3) is 0 Å². The molecule has 2 rings (SSSR count). The van der Waals surface area contributed by atoms with Crippen molar-refractivity contribution in [3.05, 3.63) is 30.3 Å². The molecule has 0 aromatic heterocycles. The molecule has 3 nitrogen and oxygen atoms in total. The third-order valence-electron chi connectivity index (χ3n) is 3.64. The number of rotatable bonds is 6. The average Bonchev–Trinajstić information content (AvgIpc) is 3.22. The van der Waals surface area contributed by atoms with Gasteiger partial charge in [0.25, 0.3) is 0 Å². The lowest BCUT2D eigenvalue weighted by Crippen LogP contribution is -2.37. The smallest absolute Gasteiger partial charge is 0.225 e. The first-order valence-electron chi connectivity index (χ1n) is 6.62. The minimum absolute atomic E-state index is 0.172. The van der Waals surface area contributed by atoms with Gasteiger partial charge in [0.1, 0.15) is 5.75 Å². The molecule has 1 atom stereocenters. The van der Waals surface area contributed by atoms with Gasteiger partial charge in [0.05, 0.1) is 13.0 Å². The van der Waals surface area contributed by atoms with E-state index in [1.165, 1.54) is 12.8 Å². The van der Waals surface area contributed by atoms with Crippen molar-refractivity contribution in [1.82, 2.24) is 4.90 Å². The van der Waals surface area contributed by atoms with Crippen molar-refractivity contribution in [2.75, 3.05) is 13.7 Å². The molecule has 0 heterocycles. The van der Waals surface area contributed by atoms with Gasteiger partial charge in [0.15, 0.2) is 0 Å². The topological polar surface area (TPSA) is 29.5 Å². The second-order valence-electron chi connectivity index (χ2n) is 4.99. The van der Waals surface area contributed by atoms with Gasteiger partial charge in [-0.1, -0.05) is 18.2 Å². The number of para-hydroxylation sites is 1. The number of hydrogen-bond donors (Lipinski definition) is 0. The molecule has 1 saturated carbocycles. The molecule has 98 valence electrons. The van der Waals surface area contributed by atoms with Crippen molar-refractivity contribution in [2.45, 2.75) is 32.2 Å². The molecule has 1 aromatic carbocycles. The number of carbonyl (C=O) groups excluding carboxylic acids is 1. The van der Waals surface area contributed by atoms with E-state index in [4.69, 9.17) is 4.74 Å². The molecule has 0 spiro atoms. The number of amides is 1. The van der Waals surface area contributed by atoms with Crippen molar-refractivity contribution >= 4 is 5.91 Å². The second kappa shape index (κ2) is 5.89. The number of benzene rings is 1. The molecular formula is C15H21NO2. The normalized spacial score (nSPS) is 16.1. The van der Waals surface area contributed by atoms with Crippen LogP contribution >= 0.6 is 0 Å². The minimum Gasteiger partial charge on any atom is -0.493 e. The lowest BCUT2D eigenvalue weighted by molar-refractivity contribution is -0.132. The van der Waals surface area contributed by atoms with Gasteiger partial charge in [-0.15, -0.1) is 0 Å². The zero-order valence-corrected chi connectivity index (χ0v) is 11.1. The Morgan fingerprint density at radius 1 is 1.39 bits per heavy atom. The van der Waals surface area contributed by atoms with Crippen LogP contribution in [-0.4, -0.2) is 30.5 Å². The zero-order chi connectivity index (χ0) is 13.0. The maximum atomic E-state index is 12.0. The molecule has 0 bridgehead atoms. The Labute approximate surface area is 109 Å². The Bertz CT molecular complexity index is 387. The summed E-state index contributed by atoms with van der Waals surface area (Å²) in [6.07, 6.45) is 2.97. The van der Waals surface area contributed by atoms with Gasteiger partial charge < -0.3 is 9.64 Å². The summed E-state index contributed by atoms with van der Waals surface area (Å²) < 4.78 is 5.54. The van der Waals surface area contributed by atoms with Crippen LogP contribution in [0.1, 0.15) is 26.2 Å². The van der Waals surface area contributed by atoms with E-state index in [-0.39, 0.29) is 5.91 Å². The van der Waals surface area contributed by atoms with Gasteiger partial charge in [0.2, 0.25) is 5.91 Å². The van der Waals surface area contributed by atoms with Crippen LogP contribution < -0.4 is 4.74 Å². The van der Waals surface area contributed by atoms with Crippen LogP contribution in [0, 0.1) is 5.92 Å². The summed E-state index contributed by atoms with van der Waals surface area (Å²) in [5, 5.41) is 0. The third-order valence-corrected chi connectivity index (χ3v) is 3.64. The summed E-state index contributed by atoms with van der Waals surface area (Å²) in [6, 6.07) is 9.98. The van der Waals surface area contributed by atoms with E-state index in [1.807, 2.05) is 42.3 Å². The number of nitrogens with zero attached hydrogens (tertiary/aromatic N) is 1. The van der Waals surface area contributed by atoms with E-state index in [2.05, 4.69) is 6.92 Å². The highest BCUT2D eigenvalue weighted by atomic mass is 16.5. The van der Waals surface area contributed by atoms with E-state index in [9.17, 15) is 4.79 Å². The lowest BCUT2D eigenvalue weighted by atomic mass is 10.2. The molecule has 1 aromatic rings. The molecular weight excluding hydrogens is 226 g/mol. The first-order valence-corrected chi connectivity index (χ1v) is 6.62. The summed E-state index contributed by atoms with van der Waals surface area (Å²) in [4.78, 5) is 13.8. The summed E-state index contributed by atoms with van der Waals surface area (Å²) in [5.41, 5.74) is 0. The molecule has 0 unspecified atom stereocenters. The Morgan fingerprint density at radius 3 is 2.67 bits per heavy atom. The highest BCUT2D eigenvalue weighted by Gasteiger charge is 2.32. The van der Waals surface area contributed by atoms with Crippen LogP contribution in [0.5, 0.6) is 5.75 Å². The highest BCUT2D eigenvalue weighted by molar-refractivity contribution is 5.76. The number of hydrogen-bond acceptors (Lipinski definition) is 2. The van der Waals surface area contributed by atoms with Gasteiger partial charge in [0, 0.05) is 13.1 Å². The van der Waals surface area contributed by atoms with Crippen LogP contribution in [0.3, 0.4) is 0 Å². The van der Waals surface area contributed by atoms with Gasteiger partial charge in [-0.25, -0.2) is 0 Å². The van der Waals surface area contributed by atoms with Gasteiger partial charge >= 0.3 is 0 Å². The van der Waals surface area contributed by atoms with E-state index in [0.717, 1.165) is 5.75 Å². The fourth-order valence-corrected chi connectivity index (χ4v) is 2.07. The van der Waals surface area contributed by atoms with Crippen molar-refractivity contribution in [2.24, 2.45) is 5.92 Å². The zero-order valence-electron chi connectivity index (χ0n) is 11.1. The predicted molar refractivity (Wildman–Crippen MR) is 71.5 cm³/mol. The number of carbonyl (C=O) groups is 1. The fourth-order valence-electron chi connectivity index (χ4n) is 2.07. The summed E-state index contributed by atoms with van der Waals surface area (Å²) >= 11 is 0. The van der Waals surface area contributed by atoms with Crippen LogP contribution in [-0.2, 0) is 4.79 Å². The molecule has 0 saturated heterocycles. The Hall–Kier alpha value is -1.51. The van der Waals surface area contributed by atoms with Crippen LogP contribution in [0.2, 0.25) is 0 Å². The Morgan fingerprint density at radius 2 is 2.06 bits per heavy atom. The monoisotopic (exact) mass is 247 g/mol. The summed E-state index contributed by atoms with van der Waals surface area (Å²) in [7, 11) is 1.90. The SMILES string of the molecule is C[C@@H](C1CC1)N(C)C(=O)CCOc1ccccc1. The fraction of sp³-hybridized carbons (Fsp3) is 0.533. The first kappa shape index (κ1) is 12.9. The Balaban J connectivity index is 1.71. The molecule has 18 heavy (non-hydrogen) atoms. The molecule has 0 radical (unpaired) electrons. The molecule has 0 aliphatic heterocycles. The van der Waals surface area contributed by atoms with Gasteiger partial charge in [-0.3, -0.25) is 4.79 Å². The quantitative estimate of drug-likeness (QED) is 0.773. The molecule has 1 aliphatic carbocycles. The van der Waals surface area contributed by atoms with Crippen molar-refractivity contribution in [1.29, 1.82) is 0 Å². The predicted octanol–water partition coefficient (Wildman–Crippen LogP) is 2.71. The maximum Gasteiger partial charge on any atom is 0.225 e. The molecule has 1 amide bonds. The van der Waals surface area contributed by atoms with E-state index in [1.54, 1.807) is 0 Å². The first-order chi connectivity index (χ1) is 8.68. The van der Waals surface area contributed by atoms with Gasteiger partial charge in [-0.05, 0) is 37.8 Å². The average molecular weight is 247 g/mol. The van der Waals surface area contributed by atoms with Gasteiger partial charge in [-0.2, -0.15) is 0 Å². The third kappa shape index (κ3) is 3.49. The summed E-state index contributed by atoms with van der Waals surface area (Å²) in [6.45, 7) is 2.58. The maximum absolute atomic E-state index is 12.0. The molecule has 1 fully saturated rings. The standard InChI is InChI=1S/C15H21NO2/c1-12(13-8-9-13)16(2)15(17)10-11-18-14-6-4-3-5-7-14/h3-7,12-13H,8-11H2,1-2H3/t12-/m0/s1. The number of ether oxygens (including phenoxy) is 1. The molecule has 3 heteroatoms. The van der Waals surface area contributed by atoms with Crippen molar-refractivity contribution < 1.29 is 9.53 Å². The molecule has 0 N–H and O–H groups in total. The van der Waals surface area contributed by atoms with Crippen molar-refractivity contribution in [3.63, 3.8) is 0 Å². The van der Waals surface area contributed by atoms with E-state index in [0.29, 0.717) is 25.0 Å². The van der Waals surface area contributed by atoms with E-state index < -0.39 is 0 Å². The van der Waals surface area contributed by atoms with Crippen LogP contribution in [0.15, 0.2) is 30.3 Å². The second-order valence-corrected chi connectivity index (χ2v) is 4.99. The Kier molecular flexibility index (Phi) is 4.24. The van der Waals surface area contributed by atoms with Crippen LogP contribution in [0.4, 0.5) is 0 Å². The minimum atomic E-state index is 0.172. The van der Waals surface area contributed by atoms with E-state index >= 15 is 0 Å². The highest BCUT2D eigenvalue weighted by Crippen LogP contribution is 2.34. The lowest BCUT2D eigenvalue weighted by Gasteiger charge is -2.24. The largest absolute Gasteiger partial charge is 0.493 e.